The molecule has 2 aromatic heterocycles. The first kappa shape index (κ1) is 11.9. The second-order valence-corrected chi connectivity index (χ2v) is 3.66. The molecule has 2 aromatic rings. The summed E-state index contributed by atoms with van der Waals surface area (Å²) < 4.78 is 1.59. The fraction of sp³-hybridized carbons (Fsp3) is 0.333. The quantitative estimate of drug-likeness (QED) is 0.626. The Bertz CT molecular complexity index is 550. The molecule has 0 saturated carbocycles. The first-order valence-electron chi connectivity index (χ1n) is 5.15. The van der Waals surface area contributed by atoms with Gasteiger partial charge in [0, 0.05) is 7.05 Å². The first-order chi connectivity index (χ1) is 8.56. The van der Waals surface area contributed by atoms with Crippen LogP contribution in [0.25, 0.3) is 0 Å². The van der Waals surface area contributed by atoms with Crippen molar-refractivity contribution in [1.29, 1.82) is 0 Å². The van der Waals surface area contributed by atoms with Gasteiger partial charge in [0.05, 0.1) is 11.0 Å². The lowest BCUT2D eigenvalue weighted by molar-refractivity contribution is -0.385. The number of aromatic nitrogens is 5. The Balaban J connectivity index is 2.07. The van der Waals surface area contributed by atoms with Crippen molar-refractivity contribution in [2.75, 3.05) is 5.32 Å². The predicted molar refractivity (Wildman–Crippen MR) is 61.7 cm³/mol. The van der Waals surface area contributed by atoms with Crippen molar-refractivity contribution in [1.82, 2.24) is 24.7 Å². The largest absolute Gasteiger partial charge is 0.344 e. The van der Waals surface area contributed by atoms with Crippen LogP contribution in [-0.4, -0.2) is 29.7 Å². The van der Waals surface area contributed by atoms with E-state index in [0.717, 1.165) is 12.4 Å². The van der Waals surface area contributed by atoms with Gasteiger partial charge in [-0.25, -0.2) is 15.0 Å². The summed E-state index contributed by atoms with van der Waals surface area (Å²) in [6.45, 7) is 1.85. The average Bonchev–Trinajstić information content (AvgIpc) is 2.76. The zero-order chi connectivity index (χ0) is 13.1. The fourth-order valence-electron chi connectivity index (χ4n) is 1.30. The summed E-state index contributed by atoms with van der Waals surface area (Å²) in [5.41, 5.74) is -0.149. The average molecular weight is 249 g/mol. The van der Waals surface area contributed by atoms with Crippen molar-refractivity contribution in [3.8, 4) is 0 Å². The lowest BCUT2D eigenvalue weighted by Crippen LogP contribution is -2.11. The molecule has 0 fully saturated rings. The number of nitro groups is 1. The molecule has 2 heterocycles. The van der Waals surface area contributed by atoms with Crippen LogP contribution in [0.4, 0.5) is 11.6 Å². The third kappa shape index (κ3) is 2.56. The minimum Gasteiger partial charge on any atom is -0.344 e. The van der Waals surface area contributed by atoms with Crippen LogP contribution in [0.3, 0.4) is 0 Å². The molecule has 9 nitrogen and oxygen atoms in total. The SMILES string of the molecule is CC(Nc1ncc([N+](=O)[O-])cn1)c1ncn(C)n1. The Kier molecular flexibility index (Phi) is 3.13. The summed E-state index contributed by atoms with van der Waals surface area (Å²) in [5.74, 6) is 0.889. The van der Waals surface area contributed by atoms with Crippen LogP contribution < -0.4 is 5.32 Å². The number of hydrogen-bond donors (Lipinski definition) is 1. The van der Waals surface area contributed by atoms with Crippen LogP contribution in [-0.2, 0) is 7.05 Å². The Morgan fingerprint density at radius 1 is 1.39 bits per heavy atom. The maximum absolute atomic E-state index is 10.4. The second kappa shape index (κ2) is 4.73. The van der Waals surface area contributed by atoms with E-state index in [9.17, 15) is 10.1 Å². The van der Waals surface area contributed by atoms with E-state index in [4.69, 9.17) is 0 Å². The summed E-state index contributed by atoms with van der Waals surface area (Å²) in [5, 5.41) is 17.5. The number of rotatable bonds is 4. The highest BCUT2D eigenvalue weighted by Gasteiger charge is 2.12. The molecule has 0 spiro atoms. The molecule has 2 rings (SSSR count). The van der Waals surface area contributed by atoms with Gasteiger partial charge in [-0.2, -0.15) is 5.10 Å². The highest BCUT2D eigenvalue weighted by molar-refractivity contribution is 5.32. The standard InChI is InChI=1S/C9H11N7O2/c1-6(8-12-5-15(2)14-8)13-9-10-3-7(4-11-9)16(17)18/h3-6H,1-2H3,(H,10,11,13). The molecule has 9 heteroatoms. The summed E-state index contributed by atoms with van der Waals surface area (Å²) in [7, 11) is 1.77. The first-order valence-corrected chi connectivity index (χ1v) is 5.15. The molecule has 0 aromatic carbocycles. The number of aryl methyl sites for hydroxylation is 1. The molecule has 1 atom stereocenters. The van der Waals surface area contributed by atoms with E-state index in [2.05, 4.69) is 25.4 Å². The number of hydrogen-bond acceptors (Lipinski definition) is 7. The summed E-state index contributed by atoms with van der Waals surface area (Å²) in [6, 6.07) is -0.187. The van der Waals surface area contributed by atoms with Crippen LogP contribution in [0.15, 0.2) is 18.7 Å². The number of nitrogens with zero attached hydrogens (tertiary/aromatic N) is 6. The normalized spacial score (nSPS) is 12.1. The van der Waals surface area contributed by atoms with Gasteiger partial charge >= 0.3 is 5.69 Å². The molecule has 0 aliphatic carbocycles. The van der Waals surface area contributed by atoms with Gasteiger partial charge in [0.25, 0.3) is 0 Å². The summed E-state index contributed by atoms with van der Waals surface area (Å²) in [6.07, 6.45) is 3.88. The van der Waals surface area contributed by atoms with E-state index in [0.29, 0.717) is 11.8 Å². The van der Waals surface area contributed by atoms with Gasteiger partial charge in [-0.15, -0.1) is 0 Å². The van der Waals surface area contributed by atoms with E-state index in [1.54, 1.807) is 18.1 Å². The zero-order valence-corrected chi connectivity index (χ0v) is 9.81. The third-order valence-corrected chi connectivity index (χ3v) is 2.20. The van der Waals surface area contributed by atoms with Gasteiger partial charge in [-0.3, -0.25) is 14.8 Å². The molecular weight excluding hydrogens is 238 g/mol. The molecule has 0 aliphatic rings. The van der Waals surface area contributed by atoms with Gasteiger partial charge in [0.15, 0.2) is 5.82 Å². The summed E-state index contributed by atoms with van der Waals surface area (Å²) in [4.78, 5) is 21.7. The molecule has 0 saturated heterocycles. The number of anilines is 1. The van der Waals surface area contributed by atoms with Gasteiger partial charge in [-0.1, -0.05) is 0 Å². The van der Waals surface area contributed by atoms with Gasteiger partial charge in [0.1, 0.15) is 18.7 Å². The van der Waals surface area contributed by atoms with Crippen LogP contribution in [0.5, 0.6) is 0 Å². The lowest BCUT2D eigenvalue weighted by atomic mass is 10.3. The molecule has 1 unspecified atom stereocenters. The Morgan fingerprint density at radius 3 is 2.56 bits per heavy atom. The molecule has 1 N–H and O–H groups in total. The van der Waals surface area contributed by atoms with Crippen molar-refractivity contribution < 1.29 is 4.92 Å². The van der Waals surface area contributed by atoms with Crippen LogP contribution in [0.2, 0.25) is 0 Å². The maximum atomic E-state index is 10.4. The minimum absolute atomic E-state index is 0.149. The third-order valence-electron chi connectivity index (χ3n) is 2.20. The lowest BCUT2D eigenvalue weighted by Gasteiger charge is -2.09. The Labute approximate surface area is 102 Å². The molecule has 94 valence electrons. The summed E-state index contributed by atoms with van der Waals surface area (Å²) >= 11 is 0. The van der Waals surface area contributed by atoms with E-state index in [1.807, 2.05) is 6.92 Å². The van der Waals surface area contributed by atoms with Crippen molar-refractivity contribution in [2.45, 2.75) is 13.0 Å². The van der Waals surface area contributed by atoms with Crippen LogP contribution >= 0.6 is 0 Å². The van der Waals surface area contributed by atoms with Crippen molar-refractivity contribution in [2.24, 2.45) is 7.05 Å². The van der Waals surface area contributed by atoms with Crippen molar-refractivity contribution in [3.63, 3.8) is 0 Å². The molecule has 18 heavy (non-hydrogen) atoms. The maximum Gasteiger partial charge on any atom is 0.305 e. The van der Waals surface area contributed by atoms with E-state index in [-0.39, 0.29) is 11.7 Å². The highest BCUT2D eigenvalue weighted by Crippen LogP contribution is 2.13. The monoisotopic (exact) mass is 249 g/mol. The fourth-order valence-corrected chi connectivity index (χ4v) is 1.30. The van der Waals surface area contributed by atoms with Gasteiger partial charge < -0.3 is 5.32 Å². The Hall–Kier alpha value is -2.58. The van der Waals surface area contributed by atoms with Crippen molar-refractivity contribution >= 4 is 11.6 Å². The Morgan fingerprint density at radius 2 is 2.06 bits per heavy atom. The zero-order valence-electron chi connectivity index (χ0n) is 9.81. The minimum atomic E-state index is -0.548. The van der Waals surface area contributed by atoms with Crippen LogP contribution in [0.1, 0.15) is 18.8 Å². The molecule has 0 amide bonds. The smallest absolute Gasteiger partial charge is 0.305 e. The predicted octanol–water partition coefficient (Wildman–Crippen LogP) is 0.686. The topological polar surface area (TPSA) is 112 Å². The van der Waals surface area contributed by atoms with Crippen molar-refractivity contribution in [3.05, 3.63) is 34.7 Å². The van der Waals surface area contributed by atoms with E-state index >= 15 is 0 Å². The van der Waals surface area contributed by atoms with Crippen LogP contribution in [0, 0.1) is 10.1 Å². The molecular formula is C9H11N7O2. The second-order valence-electron chi connectivity index (χ2n) is 3.66. The van der Waals surface area contributed by atoms with Gasteiger partial charge in [0.2, 0.25) is 5.95 Å². The number of nitrogens with one attached hydrogen (secondary N) is 1. The van der Waals surface area contributed by atoms with Gasteiger partial charge in [-0.05, 0) is 6.92 Å². The molecule has 0 aliphatic heterocycles. The van der Waals surface area contributed by atoms with E-state index < -0.39 is 4.92 Å². The molecule has 0 radical (unpaired) electrons. The highest BCUT2D eigenvalue weighted by atomic mass is 16.6. The molecule has 0 bridgehead atoms. The van der Waals surface area contributed by atoms with E-state index in [1.165, 1.54) is 0 Å².